The zero-order valence-corrected chi connectivity index (χ0v) is 12.0. The molecular formula is C13H12ClN3OS. The fraction of sp³-hybridized carbons (Fsp3) is 0.231. The van der Waals surface area contributed by atoms with E-state index in [1.165, 1.54) is 0 Å². The molecule has 1 aromatic carbocycles. The number of halogens is 1. The molecule has 2 heterocycles. The molecule has 0 saturated carbocycles. The van der Waals surface area contributed by atoms with Crippen molar-refractivity contribution in [1.82, 2.24) is 14.5 Å². The van der Waals surface area contributed by atoms with E-state index in [2.05, 4.69) is 9.97 Å². The van der Waals surface area contributed by atoms with Crippen molar-refractivity contribution >= 4 is 34.9 Å². The molecule has 1 N–H and O–H groups in total. The molecule has 1 atom stereocenters. The van der Waals surface area contributed by atoms with E-state index in [0.29, 0.717) is 15.7 Å². The van der Waals surface area contributed by atoms with Crippen molar-refractivity contribution in [3.05, 3.63) is 45.8 Å². The Kier molecular flexibility index (Phi) is 2.95. The largest absolute Gasteiger partial charge is 0.444 e. The second kappa shape index (κ2) is 4.51. The van der Waals surface area contributed by atoms with Crippen LogP contribution in [-0.4, -0.2) is 14.5 Å². The van der Waals surface area contributed by atoms with Crippen LogP contribution in [-0.2, 0) is 0 Å². The predicted octanol–water partition coefficient (Wildman–Crippen LogP) is 4.26. The van der Waals surface area contributed by atoms with E-state index in [9.17, 15) is 0 Å². The average molecular weight is 294 g/mol. The van der Waals surface area contributed by atoms with E-state index in [0.717, 1.165) is 16.8 Å². The van der Waals surface area contributed by atoms with Gasteiger partial charge in [0.15, 0.2) is 4.77 Å². The van der Waals surface area contributed by atoms with Crippen molar-refractivity contribution in [1.29, 1.82) is 0 Å². The molecule has 0 fully saturated rings. The van der Waals surface area contributed by atoms with Gasteiger partial charge in [-0.3, -0.25) is 0 Å². The SMILES string of the molecule is Cc1cnc(C(C)n2c(=S)[nH]c3c(Cl)cccc32)o1. The lowest BCUT2D eigenvalue weighted by molar-refractivity contribution is 0.417. The number of oxazole rings is 1. The minimum Gasteiger partial charge on any atom is -0.444 e. The second-order valence-corrected chi connectivity index (χ2v) is 5.21. The van der Waals surface area contributed by atoms with E-state index in [1.807, 2.05) is 36.6 Å². The fourth-order valence-electron chi connectivity index (χ4n) is 2.17. The summed E-state index contributed by atoms with van der Waals surface area (Å²) in [5, 5.41) is 0.651. The van der Waals surface area contributed by atoms with Gasteiger partial charge >= 0.3 is 0 Å². The summed E-state index contributed by atoms with van der Waals surface area (Å²) >= 11 is 11.5. The van der Waals surface area contributed by atoms with Gasteiger partial charge in [-0.25, -0.2) is 4.98 Å². The normalized spacial score (nSPS) is 13.0. The summed E-state index contributed by atoms with van der Waals surface area (Å²) in [6.07, 6.45) is 1.71. The number of aromatic amines is 1. The van der Waals surface area contributed by atoms with E-state index in [-0.39, 0.29) is 6.04 Å². The van der Waals surface area contributed by atoms with Gasteiger partial charge in [-0.15, -0.1) is 0 Å². The second-order valence-electron chi connectivity index (χ2n) is 4.42. The quantitative estimate of drug-likeness (QED) is 0.718. The molecule has 0 bridgehead atoms. The monoisotopic (exact) mass is 293 g/mol. The third-order valence-electron chi connectivity index (χ3n) is 3.09. The molecule has 19 heavy (non-hydrogen) atoms. The van der Waals surface area contributed by atoms with Crippen molar-refractivity contribution in [2.75, 3.05) is 0 Å². The molecule has 1 unspecified atom stereocenters. The number of benzene rings is 1. The number of rotatable bonds is 2. The minimum atomic E-state index is -0.0894. The van der Waals surface area contributed by atoms with Crippen LogP contribution in [0.2, 0.25) is 5.02 Å². The lowest BCUT2D eigenvalue weighted by atomic mass is 10.2. The molecule has 0 spiro atoms. The number of aromatic nitrogens is 3. The van der Waals surface area contributed by atoms with Crippen LogP contribution in [0.25, 0.3) is 11.0 Å². The van der Waals surface area contributed by atoms with Crippen molar-refractivity contribution in [3.8, 4) is 0 Å². The zero-order valence-electron chi connectivity index (χ0n) is 10.5. The molecule has 3 aromatic rings. The van der Waals surface area contributed by atoms with Gasteiger partial charge in [-0.1, -0.05) is 17.7 Å². The van der Waals surface area contributed by atoms with Crippen LogP contribution in [0.15, 0.2) is 28.8 Å². The van der Waals surface area contributed by atoms with Crippen LogP contribution in [0.3, 0.4) is 0 Å². The van der Waals surface area contributed by atoms with Crippen molar-refractivity contribution in [2.24, 2.45) is 0 Å². The number of imidazole rings is 1. The van der Waals surface area contributed by atoms with Crippen molar-refractivity contribution < 1.29 is 4.42 Å². The first-order valence-electron chi connectivity index (χ1n) is 5.89. The van der Waals surface area contributed by atoms with Gasteiger partial charge in [0.05, 0.1) is 22.3 Å². The topological polar surface area (TPSA) is 46.8 Å². The standard InChI is InChI=1S/C13H12ClN3OS/c1-7-6-15-12(18-7)8(2)17-10-5-3-4-9(14)11(10)16-13(17)19/h3-6,8H,1-2H3,(H,16,19). The van der Waals surface area contributed by atoms with Crippen LogP contribution in [0.1, 0.15) is 24.6 Å². The predicted molar refractivity (Wildman–Crippen MR) is 77.2 cm³/mol. The molecule has 6 heteroatoms. The highest BCUT2D eigenvalue weighted by molar-refractivity contribution is 7.71. The van der Waals surface area contributed by atoms with E-state index >= 15 is 0 Å². The molecule has 0 saturated heterocycles. The molecule has 2 aromatic heterocycles. The maximum atomic E-state index is 6.17. The average Bonchev–Trinajstić information content (AvgIpc) is 2.93. The van der Waals surface area contributed by atoms with Gasteiger partial charge in [0.25, 0.3) is 0 Å². The molecule has 0 aliphatic rings. The number of fused-ring (bicyclic) bond motifs is 1. The van der Waals surface area contributed by atoms with Crippen LogP contribution in [0, 0.1) is 11.7 Å². The number of H-pyrrole nitrogens is 1. The zero-order chi connectivity index (χ0) is 13.6. The maximum absolute atomic E-state index is 6.17. The highest BCUT2D eigenvalue weighted by atomic mass is 35.5. The van der Waals surface area contributed by atoms with Gasteiger partial charge in [-0.2, -0.15) is 0 Å². The molecule has 3 rings (SSSR count). The third-order valence-corrected chi connectivity index (χ3v) is 3.70. The molecular weight excluding hydrogens is 282 g/mol. The number of para-hydroxylation sites is 1. The first-order chi connectivity index (χ1) is 9.08. The summed E-state index contributed by atoms with van der Waals surface area (Å²) < 4.78 is 8.14. The molecule has 98 valence electrons. The van der Waals surface area contributed by atoms with Gasteiger partial charge in [0, 0.05) is 0 Å². The number of aryl methyl sites for hydroxylation is 1. The Morgan fingerprint density at radius 2 is 2.26 bits per heavy atom. The smallest absolute Gasteiger partial charge is 0.217 e. The maximum Gasteiger partial charge on any atom is 0.217 e. The number of hydrogen-bond acceptors (Lipinski definition) is 3. The van der Waals surface area contributed by atoms with Crippen LogP contribution in [0.4, 0.5) is 0 Å². The lowest BCUT2D eigenvalue weighted by Crippen LogP contribution is -2.07. The summed E-state index contributed by atoms with van der Waals surface area (Å²) in [4.78, 5) is 7.39. The Morgan fingerprint density at radius 3 is 2.95 bits per heavy atom. The van der Waals surface area contributed by atoms with Gasteiger partial charge in [0.1, 0.15) is 11.8 Å². The Morgan fingerprint density at radius 1 is 1.47 bits per heavy atom. The Balaban J connectivity index is 2.23. The number of hydrogen-bond donors (Lipinski definition) is 1. The molecule has 0 amide bonds. The van der Waals surface area contributed by atoms with Crippen LogP contribution >= 0.6 is 23.8 Å². The van der Waals surface area contributed by atoms with Gasteiger partial charge in [0.2, 0.25) is 5.89 Å². The summed E-state index contributed by atoms with van der Waals surface area (Å²) in [5.41, 5.74) is 1.78. The Bertz CT molecular complexity index is 802. The number of nitrogens with one attached hydrogen (secondary N) is 1. The summed E-state index contributed by atoms with van der Waals surface area (Å²) in [6.45, 7) is 3.86. The highest BCUT2D eigenvalue weighted by Crippen LogP contribution is 2.27. The Hall–Kier alpha value is -1.59. The van der Waals surface area contributed by atoms with Gasteiger partial charge in [-0.05, 0) is 38.2 Å². The third kappa shape index (κ3) is 1.99. The molecule has 0 aliphatic carbocycles. The van der Waals surface area contributed by atoms with Crippen LogP contribution < -0.4 is 0 Å². The van der Waals surface area contributed by atoms with E-state index in [4.69, 9.17) is 28.2 Å². The van der Waals surface area contributed by atoms with E-state index < -0.39 is 0 Å². The molecule has 4 nitrogen and oxygen atoms in total. The first kappa shape index (κ1) is 12.4. The first-order valence-corrected chi connectivity index (χ1v) is 6.67. The number of nitrogens with zero attached hydrogens (tertiary/aromatic N) is 2. The molecule has 0 aliphatic heterocycles. The van der Waals surface area contributed by atoms with Crippen molar-refractivity contribution in [2.45, 2.75) is 19.9 Å². The molecule has 0 radical (unpaired) electrons. The fourth-order valence-corrected chi connectivity index (χ4v) is 2.75. The van der Waals surface area contributed by atoms with E-state index in [1.54, 1.807) is 6.20 Å². The lowest BCUT2D eigenvalue weighted by Gasteiger charge is -2.10. The van der Waals surface area contributed by atoms with Gasteiger partial charge < -0.3 is 14.0 Å². The summed E-state index contributed by atoms with van der Waals surface area (Å²) in [5.74, 6) is 1.42. The summed E-state index contributed by atoms with van der Waals surface area (Å²) in [7, 11) is 0. The Labute approximate surface area is 120 Å². The van der Waals surface area contributed by atoms with Crippen molar-refractivity contribution in [3.63, 3.8) is 0 Å². The van der Waals surface area contributed by atoms with Crippen LogP contribution in [0.5, 0.6) is 0 Å². The highest BCUT2D eigenvalue weighted by Gasteiger charge is 2.18. The minimum absolute atomic E-state index is 0.0894. The summed E-state index contributed by atoms with van der Waals surface area (Å²) in [6, 6.07) is 5.62.